The molecule has 2 aromatic rings. The highest BCUT2D eigenvalue weighted by molar-refractivity contribution is 5.97. The summed E-state index contributed by atoms with van der Waals surface area (Å²) < 4.78 is 2.00. The van der Waals surface area contributed by atoms with Crippen LogP contribution in [0.5, 0.6) is 0 Å². The minimum Gasteiger partial charge on any atom is -0.337 e. The molecule has 5 heteroatoms. The zero-order chi connectivity index (χ0) is 14.8. The van der Waals surface area contributed by atoms with E-state index in [1.54, 1.807) is 6.33 Å². The third-order valence-electron chi connectivity index (χ3n) is 4.13. The molecule has 2 heterocycles. The van der Waals surface area contributed by atoms with E-state index in [0.29, 0.717) is 0 Å². The first kappa shape index (κ1) is 13.8. The number of imidazole rings is 1. The Morgan fingerprint density at radius 1 is 1.24 bits per heavy atom. The summed E-state index contributed by atoms with van der Waals surface area (Å²) in [5, 5.41) is 0. The van der Waals surface area contributed by atoms with Crippen molar-refractivity contribution in [3.8, 4) is 0 Å². The highest BCUT2D eigenvalue weighted by Gasteiger charge is 2.32. The van der Waals surface area contributed by atoms with Crippen molar-refractivity contribution in [3.05, 3.63) is 48.5 Å². The predicted molar refractivity (Wildman–Crippen MR) is 81.9 cm³/mol. The van der Waals surface area contributed by atoms with Gasteiger partial charge in [0.05, 0.1) is 18.1 Å². The number of aromatic nitrogens is 2. The number of carbonyl (C=O) groups is 1. The third-order valence-corrected chi connectivity index (χ3v) is 4.13. The Balaban J connectivity index is 1.73. The molecule has 0 N–H and O–H groups in total. The number of benzene rings is 1. The minimum atomic E-state index is -0.117. The summed E-state index contributed by atoms with van der Waals surface area (Å²) in [5.41, 5.74) is 2.11. The topological polar surface area (TPSA) is 41.4 Å². The quantitative estimate of drug-likeness (QED) is 0.860. The number of hydrogen-bond donors (Lipinski definition) is 0. The Bertz CT molecular complexity index is 622. The molecular formula is C16H20N4O. The Kier molecular flexibility index (Phi) is 3.75. The van der Waals surface area contributed by atoms with Crippen molar-refractivity contribution in [3.63, 3.8) is 0 Å². The van der Waals surface area contributed by atoms with Gasteiger partial charge >= 0.3 is 0 Å². The summed E-state index contributed by atoms with van der Waals surface area (Å²) in [6.07, 6.45) is 3.66. The monoisotopic (exact) mass is 284 g/mol. The number of nitrogens with zero attached hydrogens (tertiary/aromatic N) is 4. The molecule has 1 amide bonds. The fourth-order valence-corrected chi connectivity index (χ4v) is 2.74. The number of rotatable bonds is 3. The van der Waals surface area contributed by atoms with E-state index in [9.17, 15) is 4.79 Å². The van der Waals surface area contributed by atoms with E-state index in [1.807, 2.05) is 60.0 Å². The van der Waals surface area contributed by atoms with Crippen LogP contribution in [0.4, 0.5) is 5.69 Å². The van der Waals surface area contributed by atoms with Crippen molar-refractivity contribution in [2.75, 3.05) is 18.0 Å². The molecule has 1 aromatic carbocycles. The predicted octanol–water partition coefficient (Wildman–Crippen LogP) is 1.66. The SMILES string of the molecule is C[C@@H]1C(=O)N(c2ccccc2)CCN1Cc1cncn1C. The molecule has 0 saturated carbocycles. The highest BCUT2D eigenvalue weighted by Crippen LogP contribution is 2.21. The lowest BCUT2D eigenvalue weighted by Gasteiger charge is -2.39. The second-order valence-corrected chi connectivity index (χ2v) is 5.47. The molecule has 5 nitrogen and oxygen atoms in total. The molecule has 1 saturated heterocycles. The normalized spacial score (nSPS) is 20.0. The molecule has 21 heavy (non-hydrogen) atoms. The summed E-state index contributed by atoms with van der Waals surface area (Å²) in [5.74, 6) is 0.162. The third kappa shape index (κ3) is 2.69. The van der Waals surface area contributed by atoms with Crippen LogP contribution in [0.25, 0.3) is 0 Å². The Hall–Kier alpha value is -2.14. The summed E-state index contributed by atoms with van der Waals surface area (Å²) >= 11 is 0. The van der Waals surface area contributed by atoms with E-state index in [4.69, 9.17) is 0 Å². The Morgan fingerprint density at radius 2 is 2.00 bits per heavy atom. The lowest BCUT2D eigenvalue weighted by atomic mass is 10.1. The number of carbonyl (C=O) groups excluding carboxylic acids is 1. The van der Waals surface area contributed by atoms with Crippen LogP contribution in [0.15, 0.2) is 42.9 Å². The van der Waals surface area contributed by atoms with Crippen molar-refractivity contribution in [1.82, 2.24) is 14.5 Å². The first-order valence-corrected chi connectivity index (χ1v) is 7.22. The van der Waals surface area contributed by atoms with Gasteiger partial charge in [-0.3, -0.25) is 9.69 Å². The zero-order valence-corrected chi connectivity index (χ0v) is 12.4. The molecule has 1 fully saturated rings. The number of anilines is 1. The molecule has 1 aliphatic heterocycles. The van der Waals surface area contributed by atoms with Crippen molar-refractivity contribution in [1.29, 1.82) is 0 Å². The zero-order valence-electron chi connectivity index (χ0n) is 12.4. The van der Waals surface area contributed by atoms with Crippen LogP contribution < -0.4 is 4.90 Å². The van der Waals surface area contributed by atoms with E-state index in [0.717, 1.165) is 31.0 Å². The molecular weight excluding hydrogens is 264 g/mol. The molecule has 0 radical (unpaired) electrons. The average molecular weight is 284 g/mol. The van der Waals surface area contributed by atoms with Crippen LogP contribution in [0, 0.1) is 0 Å². The second kappa shape index (κ2) is 5.69. The van der Waals surface area contributed by atoms with Gasteiger partial charge in [0.1, 0.15) is 0 Å². The number of aryl methyl sites for hydroxylation is 1. The summed E-state index contributed by atoms with van der Waals surface area (Å²) in [4.78, 5) is 20.8. The van der Waals surface area contributed by atoms with Crippen molar-refractivity contribution in [2.45, 2.75) is 19.5 Å². The molecule has 0 bridgehead atoms. The Morgan fingerprint density at radius 3 is 2.67 bits per heavy atom. The maximum atomic E-state index is 12.6. The molecule has 110 valence electrons. The Labute approximate surface area is 124 Å². The van der Waals surface area contributed by atoms with Gasteiger partial charge in [0, 0.05) is 38.6 Å². The van der Waals surface area contributed by atoms with Crippen LogP contribution in [0.2, 0.25) is 0 Å². The van der Waals surface area contributed by atoms with E-state index < -0.39 is 0 Å². The molecule has 3 rings (SSSR count). The fourth-order valence-electron chi connectivity index (χ4n) is 2.74. The molecule has 1 atom stereocenters. The molecule has 0 aliphatic carbocycles. The summed E-state index contributed by atoms with van der Waals surface area (Å²) in [7, 11) is 1.98. The largest absolute Gasteiger partial charge is 0.337 e. The maximum Gasteiger partial charge on any atom is 0.244 e. The maximum absolute atomic E-state index is 12.6. The van der Waals surface area contributed by atoms with Gasteiger partial charge < -0.3 is 9.47 Å². The molecule has 0 spiro atoms. The minimum absolute atomic E-state index is 0.117. The lowest BCUT2D eigenvalue weighted by Crippen LogP contribution is -2.55. The lowest BCUT2D eigenvalue weighted by molar-refractivity contribution is -0.125. The first-order chi connectivity index (χ1) is 10.2. The second-order valence-electron chi connectivity index (χ2n) is 5.47. The average Bonchev–Trinajstić information content (AvgIpc) is 2.90. The van der Waals surface area contributed by atoms with Crippen LogP contribution >= 0.6 is 0 Å². The summed E-state index contributed by atoms with van der Waals surface area (Å²) in [6.45, 7) is 4.33. The highest BCUT2D eigenvalue weighted by atomic mass is 16.2. The number of amides is 1. The number of para-hydroxylation sites is 1. The van der Waals surface area contributed by atoms with Crippen LogP contribution in [0.1, 0.15) is 12.6 Å². The van der Waals surface area contributed by atoms with Gasteiger partial charge in [-0.15, -0.1) is 0 Å². The van der Waals surface area contributed by atoms with E-state index in [2.05, 4.69) is 9.88 Å². The number of hydrogen-bond acceptors (Lipinski definition) is 3. The van der Waals surface area contributed by atoms with Crippen molar-refractivity contribution < 1.29 is 4.79 Å². The molecule has 1 aliphatic rings. The molecule has 1 aromatic heterocycles. The summed E-state index contributed by atoms with van der Waals surface area (Å²) in [6, 6.07) is 9.76. The molecule has 0 unspecified atom stereocenters. The number of piperazine rings is 1. The van der Waals surface area contributed by atoms with Crippen LogP contribution in [-0.4, -0.2) is 39.5 Å². The van der Waals surface area contributed by atoms with Crippen molar-refractivity contribution in [2.24, 2.45) is 7.05 Å². The van der Waals surface area contributed by atoms with Crippen LogP contribution in [0.3, 0.4) is 0 Å². The van der Waals surface area contributed by atoms with Gasteiger partial charge in [0.15, 0.2) is 0 Å². The van der Waals surface area contributed by atoms with Gasteiger partial charge in [0.2, 0.25) is 5.91 Å². The van der Waals surface area contributed by atoms with E-state index >= 15 is 0 Å². The van der Waals surface area contributed by atoms with Crippen molar-refractivity contribution >= 4 is 11.6 Å². The smallest absolute Gasteiger partial charge is 0.244 e. The fraction of sp³-hybridized carbons (Fsp3) is 0.375. The van der Waals surface area contributed by atoms with E-state index in [-0.39, 0.29) is 11.9 Å². The van der Waals surface area contributed by atoms with Gasteiger partial charge in [-0.2, -0.15) is 0 Å². The first-order valence-electron chi connectivity index (χ1n) is 7.22. The van der Waals surface area contributed by atoms with Gasteiger partial charge in [0.25, 0.3) is 0 Å². The standard InChI is InChI=1S/C16H20N4O/c1-13-16(21)20(14-6-4-3-5-7-14)9-8-19(13)11-15-10-17-12-18(15)2/h3-7,10,12-13H,8-9,11H2,1-2H3/t13-/m1/s1. The van der Waals surface area contributed by atoms with Gasteiger partial charge in [-0.05, 0) is 19.1 Å². The van der Waals surface area contributed by atoms with Gasteiger partial charge in [-0.25, -0.2) is 4.98 Å². The van der Waals surface area contributed by atoms with Crippen LogP contribution in [-0.2, 0) is 18.4 Å². The van der Waals surface area contributed by atoms with Gasteiger partial charge in [-0.1, -0.05) is 18.2 Å². The van der Waals surface area contributed by atoms with E-state index in [1.165, 1.54) is 0 Å².